The number of fused-ring (bicyclic) bond motifs is 1. The third-order valence-electron chi connectivity index (χ3n) is 1.85. The van der Waals surface area contributed by atoms with Crippen molar-refractivity contribution in [3.05, 3.63) is 22.4 Å². The number of rotatable bonds is 3. The summed E-state index contributed by atoms with van der Waals surface area (Å²) in [7, 11) is 0. The van der Waals surface area contributed by atoms with Crippen LogP contribution in [-0.4, -0.2) is 15.9 Å². The first-order valence-electron chi connectivity index (χ1n) is 4.13. The number of imidazole rings is 1. The molecule has 3 nitrogen and oxygen atoms in total. The summed E-state index contributed by atoms with van der Waals surface area (Å²) in [5.41, 5.74) is 1.04. The fourth-order valence-corrected chi connectivity index (χ4v) is 2.23. The van der Waals surface area contributed by atoms with E-state index in [1.54, 1.807) is 11.3 Å². The standard InChI is InChI=1S/C8H10ClN3S.ClH/c1-2-10-5-6-7(9)11-8-12(6)3-4-13-8;/h3-4,10H,2,5H2,1H3;1H. The van der Waals surface area contributed by atoms with Gasteiger partial charge in [0.2, 0.25) is 0 Å². The van der Waals surface area contributed by atoms with E-state index >= 15 is 0 Å². The summed E-state index contributed by atoms with van der Waals surface area (Å²) in [6.07, 6.45) is 1.99. The summed E-state index contributed by atoms with van der Waals surface area (Å²) in [6, 6.07) is 0. The fourth-order valence-electron chi connectivity index (χ4n) is 1.21. The van der Waals surface area contributed by atoms with Gasteiger partial charge in [-0.15, -0.1) is 23.7 Å². The minimum Gasteiger partial charge on any atom is -0.311 e. The number of halogens is 2. The maximum Gasteiger partial charge on any atom is 0.195 e. The van der Waals surface area contributed by atoms with Gasteiger partial charge >= 0.3 is 0 Å². The van der Waals surface area contributed by atoms with Gasteiger partial charge in [-0.3, -0.25) is 4.40 Å². The molecule has 0 saturated heterocycles. The largest absolute Gasteiger partial charge is 0.311 e. The van der Waals surface area contributed by atoms with Crippen molar-refractivity contribution in [2.75, 3.05) is 6.54 Å². The highest BCUT2D eigenvalue weighted by atomic mass is 35.5. The molecule has 6 heteroatoms. The van der Waals surface area contributed by atoms with Gasteiger partial charge in [-0.1, -0.05) is 18.5 Å². The van der Waals surface area contributed by atoms with E-state index in [1.807, 2.05) is 16.0 Å². The molecule has 0 radical (unpaired) electrons. The SMILES string of the molecule is CCNCc1c(Cl)nc2sccn12.Cl. The minimum absolute atomic E-state index is 0. The molecular weight excluding hydrogens is 241 g/mol. The number of aromatic nitrogens is 2. The normalized spacial score (nSPS) is 10.4. The Morgan fingerprint density at radius 1 is 1.64 bits per heavy atom. The molecule has 2 aromatic heterocycles. The molecule has 2 rings (SSSR count). The average molecular weight is 252 g/mol. The molecule has 0 saturated carbocycles. The van der Waals surface area contributed by atoms with Crippen LogP contribution in [0.15, 0.2) is 11.6 Å². The van der Waals surface area contributed by atoms with E-state index in [9.17, 15) is 0 Å². The third kappa shape index (κ3) is 2.03. The molecule has 2 heterocycles. The van der Waals surface area contributed by atoms with E-state index in [2.05, 4.69) is 17.2 Å². The first-order chi connectivity index (χ1) is 6.33. The molecule has 0 unspecified atom stereocenters. The molecular formula is C8H11Cl2N3S. The lowest BCUT2D eigenvalue weighted by Gasteiger charge is -1.99. The monoisotopic (exact) mass is 251 g/mol. The van der Waals surface area contributed by atoms with Crippen molar-refractivity contribution in [1.82, 2.24) is 14.7 Å². The molecule has 0 aromatic carbocycles. The Balaban J connectivity index is 0.000000980. The number of hydrogen-bond acceptors (Lipinski definition) is 3. The van der Waals surface area contributed by atoms with Gasteiger partial charge in [-0.2, -0.15) is 0 Å². The van der Waals surface area contributed by atoms with Crippen LogP contribution >= 0.6 is 35.3 Å². The molecule has 0 bridgehead atoms. The molecule has 0 spiro atoms. The predicted molar refractivity (Wildman–Crippen MR) is 62.7 cm³/mol. The van der Waals surface area contributed by atoms with Crippen LogP contribution in [0.1, 0.15) is 12.6 Å². The summed E-state index contributed by atoms with van der Waals surface area (Å²) in [6.45, 7) is 3.78. The summed E-state index contributed by atoms with van der Waals surface area (Å²) in [5.74, 6) is 0. The fraction of sp³-hybridized carbons (Fsp3) is 0.375. The van der Waals surface area contributed by atoms with Gasteiger partial charge in [0.15, 0.2) is 10.1 Å². The number of nitrogens with one attached hydrogen (secondary N) is 1. The van der Waals surface area contributed by atoms with E-state index in [0.29, 0.717) is 5.15 Å². The van der Waals surface area contributed by atoms with Crippen molar-refractivity contribution in [2.24, 2.45) is 0 Å². The zero-order chi connectivity index (χ0) is 9.26. The number of nitrogens with zero attached hydrogens (tertiary/aromatic N) is 2. The quantitative estimate of drug-likeness (QED) is 0.909. The maximum atomic E-state index is 5.98. The van der Waals surface area contributed by atoms with Crippen molar-refractivity contribution in [3.63, 3.8) is 0 Å². The van der Waals surface area contributed by atoms with Crippen LogP contribution in [0.3, 0.4) is 0 Å². The molecule has 0 amide bonds. The Morgan fingerprint density at radius 3 is 3.14 bits per heavy atom. The third-order valence-corrected chi connectivity index (χ3v) is 2.91. The van der Waals surface area contributed by atoms with Crippen LogP contribution in [0.4, 0.5) is 0 Å². The van der Waals surface area contributed by atoms with Crippen LogP contribution in [0.25, 0.3) is 4.96 Å². The second-order valence-electron chi connectivity index (χ2n) is 2.69. The summed E-state index contributed by atoms with van der Waals surface area (Å²) in [4.78, 5) is 5.19. The summed E-state index contributed by atoms with van der Waals surface area (Å²) >= 11 is 7.57. The first-order valence-corrected chi connectivity index (χ1v) is 5.39. The predicted octanol–water partition coefficient (Wildman–Crippen LogP) is 2.58. The van der Waals surface area contributed by atoms with Crippen molar-refractivity contribution in [3.8, 4) is 0 Å². The number of thiazole rings is 1. The van der Waals surface area contributed by atoms with E-state index < -0.39 is 0 Å². The molecule has 1 N–H and O–H groups in total. The van der Waals surface area contributed by atoms with Crippen molar-refractivity contribution in [2.45, 2.75) is 13.5 Å². The Labute approximate surface area is 97.5 Å². The summed E-state index contributed by atoms with van der Waals surface area (Å²) < 4.78 is 2.02. The number of hydrogen-bond donors (Lipinski definition) is 1. The van der Waals surface area contributed by atoms with Crippen LogP contribution in [0.2, 0.25) is 5.15 Å². The highest BCUT2D eigenvalue weighted by molar-refractivity contribution is 7.15. The molecule has 0 aliphatic heterocycles. The van der Waals surface area contributed by atoms with Gasteiger partial charge in [0.25, 0.3) is 0 Å². The van der Waals surface area contributed by atoms with Gasteiger partial charge in [0, 0.05) is 18.1 Å². The Hall–Kier alpha value is -0.290. The lowest BCUT2D eigenvalue weighted by atomic mass is 10.4. The maximum absolute atomic E-state index is 5.98. The topological polar surface area (TPSA) is 29.3 Å². The lowest BCUT2D eigenvalue weighted by Crippen LogP contribution is -2.13. The zero-order valence-electron chi connectivity index (χ0n) is 7.66. The van der Waals surface area contributed by atoms with Gasteiger partial charge in [-0.25, -0.2) is 4.98 Å². The molecule has 14 heavy (non-hydrogen) atoms. The second-order valence-corrected chi connectivity index (χ2v) is 3.92. The van der Waals surface area contributed by atoms with Gasteiger partial charge < -0.3 is 5.32 Å². The van der Waals surface area contributed by atoms with Crippen molar-refractivity contribution in [1.29, 1.82) is 0 Å². The van der Waals surface area contributed by atoms with Crippen LogP contribution < -0.4 is 5.32 Å². The molecule has 78 valence electrons. The van der Waals surface area contributed by atoms with E-state index in [1.165, 1.54) is 0 Å². The Kier molecular flexibility index (Phi) is 4.19. The Morgan fingerprint density at radius 2 is 2.43 bits per heavy atom. The van der Waals surface area contributed by atoms with Crippen molar-refractivity contribution >= 4 is 40.3 Å². The Bertz CT molecular complexity index is 410. The second kappa shape index (κ2) is 4.98. The van der Waals surface area contributed by atoms with E-state index in [0.717, 1.165) is 23.7 Å². The lowest BCUT2D eigenvalue weighted by molar-refractivity contribution is 0.706. The molecule has 0 aliphatic carbocycles. The smallest absolute Gasteiger partial charge is 0.195 e. The molecule has 0 aliphatic rings. The highest BCUT2D eigenvalue weighted by Gasteiger charge is 2.09. The van der Waals surface area contributed by atoms with Crippen LogP contribution in [-0.2, 0) is 6.54 Å². The van der Waals surface area contributed by atoms with Crippen LogP contribution in [0, 0.1) is 0 Å². The first kappa shape index (κ1) is 11.8. The van der Waals surface area contributed by atoms with Gasteiger partial charge in [0.05, 0.1) is 5.69 Å². The molecule has 0 fully saturated rings. The highest BCUT2D eigenvalue weighted by Crippen LogP contribution is 2.20. The molecule has 0 atom stereocenters. The molecule has 2 aromatic rings. The van der Waals surface area contributed by atoms with Gasteiger partial charge in [0.1, 0.15) is 0 Å². The van der Waals surface area contributed by atoms with E-state index in [4.69, 9.17) is 11.6 Å². The average Bonchev–Trinajstić information content (AvgIpc) is 2.62. The van der Waals surface area contributed by atoms with Gasteiger partial charge in [-0.05, 0) is 6.54 Å². The summed E-state index contributed by atoms with van der Waals surface area (Å²) in [5, 5.41) is 5.85. The van der Waals surface area contributed by atoms with Crippen LogP contribution in [0.5, 0.6) is 0 Å². The van der Waals surface area contributed by atoms with E-state index in [-0.39, 0.29) is 12.4 Å². The zero-order valence-corrected chi connectivity index (χ0v) is 10.0. The van der Waals surface area contributed by atoms with Crippen molar-refractivity contribution < 1.29 is 0 Å². The minimum atomic E-state index is 0.